The molecule has 1 rings (SSSR count). The monoisotopic (exact) mass is 495 g/mol. The summed E-state index contributed by atoms with van der Waals surface area (Å²) in [6.07, 6.45) is -0.503. The Hall–Kier alpha value is -2.11. The summed E-state index contributed by atoms with van der Waals surface area (Å²) in [5.74, 6) is -0.374. The number of hydrogen-bond acceptors (Lipinski definition) is 4. The lowest BCUT2D eigenvalue weighted by molar-refractivity contribution is -0.115. The van der Waals surface area contributed by atoms with Gasteiger partial charge in [0.1, 0.15) is 11.4 Å². The predicted octanol–water partition coefficient (Wildman–Crippen LogP) is 2.07. The van der Waals surface area contributed by atoms with Gasteiger partial charge in [-0.25, -0.2) is 9.18 Å². The number of hydrogen-bond donors (Lipinski definition) is 4. The fourth-order valence-corrected chi connectivity index (χ4v) is 1.82. The van der Waals surface area contributed by atoms with Crippen LogP contribution in [0.2, 0.25) is 0 Å². The fraction of sp³-hybridized carbons (Fsp3) is 0.471. The van der Waals surface area contributed by atoms with Crippen molar-refractivity contribution in [2.45, 2.75) is 26.4 Å². The molecule has 0 saturated carbocycles. The van der Waals surface area contributed by atoms with E-state index in [-0.39, 0.29) is 36.4 Å². The van der Waals surface area contributed by atoms with Crippen LogP contribution in [0.25, 0.3) is 0 Å². The summed E-state index contributed by atoms with van der Waals surface area (Å²) in [6, 6.07) is 5.63. The smallest absolute Gasteiger partial charge is 0.407 e. The van der Waals surface area contributed by atoms with Crippen LogP contribution in [0.15, 0.2) is 29.3 Å². The first-order valence-corrected chi connectivity index (χ1v) is 8.16. The van der Waals surface area contributed by atoms with Crippen molar-refractivity contribution in [2.75, 3.05) is 32.0 Å². The molecule has 0 aliphatic rings. The Labute approximate surface area is 175 Å². The number of benzene rings is 1. The molecule has 0 aromatic heterocycles. The van der Waals surface area contributed by atoms with Crippen molar-refractivity contribution in [1.82, 2.24) is 16.0 Å². The highest BCUT2D eigenvalue weighted by atomic mass is 127. The normalized spacial score (nSPS) is 11.1. The second-order valence-electron chi connectivity index (χ2n) is 6.34. The Morgan fingerprint density at radius 3 is 2.41 bits per heavy atom. The zero-order valence-corrected chi connectivity index (χ0v) is 18.2. The van der Waals surface area contributed by atoms with E-state index >= 15 is 0 Å². The van der Waals surface area contributed by atoms with E-state index < -0.39 is 17.5 Å². The van der Waals surface area contributed by atoms with Gasteiger partial charge in [0.25, 0.3) is 0 Å². The lowest BCUT2D eigenvalue weighted by Gasteiger charge is -2.19. The molecule has 1 aromatic rings. The molecule has 0 saturated heterocycles. The van der Waals surface area contributed by atoms with E-state index in [1.807, 2.05) is 0 Å². The highest BCUT2D eigenvalue weighted by Crippen LogP contribution is 2.08. The molecule has 0 bridgehead atoms. The van der Waals surface area contributed by atoms with Crippen LogP contribution in [0.1, 0.15) is 20.8 Å². The maximum Gasteiger partial charge on any atom is 0.407 e. The highest BCUT2D eigenvalue weighted by molar-refractivity contribution is 14.0. The Bertz CT molecular complexity index is 650. The first-order valence-electron chi connectivity index (χ1n) is 8.16. The second-order valence-corrected chi connectivity index (χ2v) is 6.34. The van der Waals surface area contributed by atoms with Crippen LogP contribution >= 0.6 is 24.0 Å². The molecule has 1 aromatic carbocycles. The minimum atomic E-state index is -0.551. The molecule has 152 valence electrons. The summed E-state index contributed by atoms with van der Waals surface area (Å²) in [5, 5.41) is 10.9. The number of alkyl carbamates (subject to hydrolysis) is 1. The van der Waals surface area contributed by atoms with Gasteiger partial charge in [0, 0.05) is 25.8 Å². The number of carbonyl (C=O) groups excluding carboxylic acids is 2. The van der Waals surface area contributed by atoms with E-state index in [0.717, 1.165) is 0 Å². The first kappa shape index (κ1) is 24.9. The van der Waals surface area contributed by atoms with Crippen LogP contribution < -0.4 is 21.3 Å². The molecule has 8 nitrogen and oxygen atoms in total. The third-order valence-corrected chi connectivity index (χ3v) is 2.83. The summed E-state index contributed by atoms with van der Waals surface area (Å²) in [6.45, 7) is 6.02. The van der Waals surface area contributed by atoms with E-state index in [4.69, 9.17) is 4.74 Å². The molecule has 0 unspecified atom stereocenters. The van der Waals surface area contributed by atoms with Gasteiger partial charge in [-0.1, -0.05) is 6.07 Å². The van der Waals surface area contributed by atoms with Crippen molar-refractivity contribution in [3.63, 3.8) is 0 Å². The lowest BCUT2D eigenvalue weighted by atomic mass is 10.2. The standard InChI is InChI=1S/C17H26FN5O3.HI/c1-17(2,3)26-16(25)21-9-8-20-15(19-4)22-11-14(24)23-13-7-5-6-12(18)10-13;/h5-7,10H,8-9,11H2,1-4H3,(H,21,25)(H,23,24)(H2,19,20,22);1H. The van der Waals surface area contributed by atoms with Crippen LogP contribution in [0.5, 0.6) is 0 Å². The van der Waals surface area contributed by atoms with E-state index in [0.29, 0.717) is 24.7 Å². The quantitative estimate of drug-likeness (QED) is 0.210. The second kappa shape index (κ2) is 12.3. The third kappa shape index (κ3) is 12.0. The average Bonchev–Trinajstić information content (AvgIpc) is 2.52. The zero-order valence-electron chi connectivity index (χ0n) is 15.9. The number of anilines is 1. The van der Waals surface area contributed by atoms with Gasteiger partial charge < -0.3 is 26.0 Å². The molecular weight excluding hydrogens is 468 g/mol. The van der Waals surface area contributed by atoms with Crippen molar-refractivity contribution in [3.05, 3.63) is 30.1 Å². The van der Waals surface area contributed by atoms with Gasteiger partial charge >= 0.3 is 6.09 Å². The summed E-state index contributed by atoms with van der Waals surface area (Å²) in [7, 11) is 1.56. The lowest BCUT2D eigenvalue weighted by Crippen LogP contribution is -2.44. The number of halogens is 2. The number of amides is 2. The summed E-state index contributed by atoms with van der Waals surface area (Å²) in [4.78, 5) is 27.3. The largest absolute Gasteiger partial charge is 0.444 e. The van der Waals surface area contributed by atoms with Crippen LogP contribution in [0.3, 0.4) is 0 Å². The summed E-state index contributed by atoms with van der Waals surface area (Å²) < 4.78 is 18.2. The molecule has 0 heterocycles. The molecule has 2 amide bonds. The van der Waals surface area contributed by atoms with Crippen molar-refractivity contribution in [3.8, 4) is 0 Å². The van der Waals surface area contributed by atoms with Gasteiger partial charge in [0.05, 0.1) is 6.54 Å². The van der Waals surface area contributed by atoms with Gasteiger partial charge in [-0.2, -0.15) is 0 Å². The van der Waals surface area contributed by atoms with Crippen LogP contribution in [0, 0.1) is 5.82 Å². The number of nitrogens with zero attached hydrogens (tertiary/aromatic N) is 1. The molecule has 10 heteroatoms. The Morgan fingerprint density at radius 2 is 1.81 bits per heavy atom. The molecule has 0 fully saturated rings. The molecule has 0 aliphatic heterocycles. The number of aliphatic imine (C=N–C) groups is 1. The Balaban J connectivity index is 0.00000676. The maximum atomic E-state index is 13.1. The van der Waals surface area contributed by atoms with Gasteiger partial charge in [-0.05, 0) is 39.0 Å². The predicted molar refractivity (Wildman–Crippen MR) is 114 cm³/mol. The number of ether oxygens (including phenoxy) is 1. The minimum absolute atomic E-state index is 0. The maximum absolute atomic E-state index is 13.1. The number of guanidine groups is 1. The highest BCUT2D eigenvalue weighted by Gasteiger charge is 2.15. The molecule has 0 radical (unpaired) electrons. The van der Waals surface area contributed by atoms with Crippen molar-refractivity contribution >= 4 is 47.6 Å². The van der Waals surface area contributed by atoms with Crippen LogP contribution in [-0.4, -0.2) is 50.2 Å². The van der Waals surface area contributed by atoms with Crippen molar-refractivity contribution in [1.29, 1.82) is 0 Å². The first-order chi connectivity index (χ1) is 12.2. The van der Waals surface area contributed by atoms with E-state index in [2.05, 4.69) is 26.3 Å². The van der Waals surface area contributed by atoms with Crippen LogP contribution in [-0.2, 0) is 9.53 Å². The molecule has 4 N–H and O–H groups in total. The minimum Gasteiger partial charge on any atom is -0.444 e. The van der Waals surface area contributed by atoms with Crippen molar-refractivity contribution < 1.29 is 18.7 Å². The van der Waals surface area contributed by atoms with E-state index in [1.165, 1.54) is 18.2 Å². The fourth-order valence-electron chi connectivity index (χ4n) is 1.82. The molecule has 0 aliphatic carbocycles. The molecule has 0 atom stereocenters. The zero-order chi connectivity index (χ0) is 19.6. The Kier molecular flexibility index (Phi) is 11.3. The Morgan fingerprint density at radius 1 is 1.15 bits per heavy atom. The number of nitrogens with one attached hydrogen (secondary N) is 4. The van der Waals surface area contributed by atoms with Crippen molar-refractivity contribution in [2.24, 2.45) is 4.99 Å². The number of rotatable bonds is 6. The SMILES string of the molecule is CN=C(NCCNC(=O)OC(C)(C)C)NCC(=O)Nc1cccc(F)c1.I. The molecule has 27 heavy (non-hydrogen) atoms. The third-order valence-electron chi connectivity index (χ3n) is 2.83. The van der Waals surface area contributed by atoms with Gasteiger partial charge in [-0.15, -0.1) is 24.0 Å². The molecular formula is C17H27FIN5O3. The van der Waals surface area contributed by atoms with Crippen LogP contribution in [0.4, 0.5) is 14.9 Å². The topological polar surface area (TPSA) is 104 Å². The van der Waals surface area contributed by atoms with Gasteiger partial charge in [-0.3, -0.25) is 9.79 Å². The average molecular weight is 495 g/mol. The number of carbonyl (C=O) groups is 2. The van der Waals surface area contributed by atoms with E-state index in [9.17, 15) is 14.0 Å². The summed E-state index contributed by atoms with van der Waals surface area (Å²) in [5.41, 5.74) is -0.175. The van der Waals surface area contributed by atoms with E-state index in [1.54, 1.807) is 33.9 Å². The molecule has 0 spiro atoms. The summed E-state index contributed by atoms with van der Waals surface area (Å²) >= 11 is 0. The van der Waals surface area contributed by atoms with Gasteiger partial charge in [0.15, 0.2) is 5.96 Å². The van der Waals surface area contributed by atoms with Gasteiger partial charge in [0.2, 0.25) is 5.91 Å².